The summed E-state index contributed by atoms with van der Waals surface area (Å²) in [5.74, 6) is 0. The fourth-order valence-corrected chi connectivity index (χ4v) is 15.3. The topological polar surface area (TPSA) is 0 Å². The highest BCUT2D eigenvalue weighted by molar-refractivity contribution is 7.95. The molecule has 0 nitrogen and oxygen atoms in total. The summed E-state index contributed by atoms with van der Waals surface area (Å²) in [6.45, 7) is 0. The molecule has 0 atom stereocenters. The van der Waals surface area contributed by atoms with Crippen LogP contribution in [0.15, 0.2) is 206 Å². The van der Waals surface area contributed by atoms with Gasteiger partial charge in [0.2, 0.25) is 0 Å². The lowest BCUT2D eigenvalue weighted by Crippen LogP contribution is -2.32. The van der Waals surface area contributed by atoms with E-state index in [1.54, 1.807) is 0 Å². The van der Waals surface area contributed by atoms with E-state index in [1.807, 2.05) is 0 Å². The van der Waals surface area contributed by atoms with Crippen molar-refractivity contribution >= 4 is 71.2 Å². The first-order valence-electron chi connectivity index (χ1n) is 16.0. The highest BCUT2D eigenvalue weighted by Crippen LogP contribution is 2.59. The summed E-state index contributed by atoms with van der Waals surface area (Å²) in [6.07, 6.45) is 1.95. The third-order valence-electron chi connectivity index (χ3n) is 9.04. The van der Waals surface area contributed by atoms with Crippen LogP contribution in [0.2, 0.25) is 0 Å². The number of benzene rings is 7. The molecule has 0 aromatic heterocycles. The first kappa shape index (κ1) is 35.3. The Hall–Kier alpha value is -4.02. The maximum absolute atomic E-state index is 2.40. The Bertz CT molecular complexity index is 1610. The first-order chi connectivity index (χ1) is 22.8. The molecule has 0 saturated heterocycles. The average Bonchev–Trinajstić information content (AvgIpc) is 3.16. The minimum absolute atomic E-state index is 0. The summed E-state index contributed by atoms with van der Waals surface area (Å²) < 4.78 is 0. The van der Waals surface area contributed by atoms with Crippen LogP contribution >= 0.6 is 39.3 Å². The fourth-order valence-electron chi connectivity index (χ4n) is 6.83. The Labute approximate surface area is 299 Å². The summed E-state index contributed by atoms with van der Waals surface area (Å²) in [6, 6.07) is 76.7. The highest BCUT2D eigenvalue weighted by atomic mass is 35.5. The third kappa shape index (κ3) is 7.05. The van der Waals surface area contributed by atoms with Crippen molar-refractivity contribution < 1.29 is 0 Å². The number of hydrogen-bond acceptors (Lipinski definition) is 0. The predicted molar refractivity (Wildman–Crippen MR) is 219 cm³/mol. The van der Waals surface area contributed by atoms with Gasteiger partial charge in [0.25, 0.3) is 0 Å². The molecule has 0 aliphatic carbocycles. The molecule has 4 heteroatoms. The monoisotopic (exact) mass is 700 g/mol. The zero-order valence-electron chi connectivity index (χ0n) is 26.8. The Balaban J connectivity index is 0.00000225. The van der Waals surface area contributed by atoms with Crippen LogP contribution in [0.4, 0.5) is 0 Å². The van der Waals surface area contributed by atoms with Crippen molar-refractivity contribution in [3.8, 4) is 0 Å². The molecular weight excluding hydrogens is 661 g/mol. The minimum atomic E-state index is -1.97. The lowest BCUT2D eigenvalue weighted by molar-refractivity contribution is 1.32. The molecule has 0 bridgehead atoms. The Kier molecular flexibility index (Phi) is 12.1. The van der Waals surface area contributed by atoms with Crippen LogP contribution in [0.5, 0.6) is 0 Å². The molecule has 0 fully saturated rings. The molecule has 0 radical (unpaired) electrons. The second kappa shape index (κ2) is 16.4. The van der Waals surface area contributed by atoms with E-state index in [-0.39, 0.29) is 24.8 Å². The fraction of sp³-hybridized carbons (Fsp3) is 0.0455. The second-order valence-corrected chi connectivity index (χ2v) is 18.7. The Morgan fingerprint density at radius 2 is 0.396 bits per heavy atom. The van der Waals surface area contributed by atoms with E-state index < -0.39 is 14.5 Å². The summed E-state index contributed by atoms with van der Waals surface area (Å²) in [4.78, 5) is 0. The van der Waals surface area contributed by atoms with Crippen LogP contribution in [0.3, 0.4) is 0 Å². The maximum Gasteiger partial charge on any atom is 0.116 e. The second-order valence-electron chi connectivity index (χ2n) is 11.8. The molecule has 7 rings (SSSR count). The quantitative estimate of drug-likeness (QED) is 0.125. The van der Waals surface area contributed by atoms with Gasteiger partial charge >= 0.3 is 0 Å². The van der Waals surface area contributed by atoms with Crippen LogP contribution in [0, 0.1) is 0 Å². The smallest absolute Gasteiger partial charge is 0.116 e. The molecule has 0 N–H and O–H groups in total. The number of hydrogen-bond donors (Lipinski definition) is 0. The van der Waals surface area contributed by atoms with Crippen LogP contribution < -0.4 is 31.8 Å². The summed E-state index contributed by atoms with van der Waals surface area (Å²) in [5.41, 5.74) is 2.74. The van der Waals surface area contributed by atoms with E-state index in [0.29, 0.717) is 0 Å². The highest BCUT2D eigenvalue weighted by Gasteiger charge is 2.47. The van der Waals surface area contributed by atoms with Gasteiger partial charge in [0.15, 0.2) is 0 Å². The van der Waals surface area contributed by atoms with Crippen molar-refractivity contribution in [2.45, 2.75) is 12.3 Å². The molecule has 0 saturated carbocycles. The number of halogens is 2. The standard InChI is InChI=1S/C44H38P2.2ClH/c1-7-19-39(20-8-1)45(40-21-9-2-10-22-40,41-23-11-3-12-24-41)35-37-31-33-38(34-32-37)36-46(42-25-13-4-14-26-42,43-27-15-5-16-28-43)44-29-17-6-18-30-44;;/h1-34H,35-36H2;2*1H/q+2;;. The molecule has 7 aromatic rings. The van der Waals surface area contributed by atoms with E-state index in [1.165, 1.54) is 43.0 Å². The van der Waals surface area contributed by atoms with Gasteiger partial charge in [-0.15, -0.1) is 24.8 Å². The van der Waals surface area contributed by atoms with Crippen molar-refractivity contribution in [1.82, 2.24) is 0 Å². The predicted octanol–water partition coefficient (Wildman–Crippen LogP) is 9.52. The molecular formula is C44H40Cl2P2+2. The Morgan fingerprint density at radius 1 is 0.229 bits per heavy atom. The van der Waals surface area contributed by atoms with Crippen molar-refractivity contribution in [3.63, 3.8) is 0 Å². The summed E-state index contributed by atoms with van der Waals surface area (Å²) >= 11 is 0. The average molecular weight is 702 g/mol. The molecule has 0 heterocycles. The van der Waals surface area contributed by atoms with Gasteiger partial charge in [0, 0.05) is 0 Å². The summed E-state index contributed by atoms with van der Waals surface area (Å²) in [5, 5.41) is 8.49. The maximum atomic E-state index is 2.40. The van der Waals surface area contributed by atoms with E-state index in [9.17, 15) is 0 Å². The van der Waals surface area contributed by atoms with Crippen molar-refractivity contribution in [2.24, 2.45) is 0 Å². The minimum Gasteiger partial charge on any atom is -0.147 e. The SMILES string of the molecule is Cl.Cl.c1ccc([P+](Cc2ccc(C[P+](c3ccccc3)(c3ccccc3)c3ccccc3)cc2)(c2ccccc2)c2ccccc2)cc1. The molecule has 0 unspecified atom stereocenters. The van der Waals surface area contributed by atoms with Gasteiger partial charge in [-0.3, -0.25) is 0 Å². The molecule has 0 amide bonds. The first-order valence-corrected chi connectivity index (χ1v) is 19.9. The van der Waals surface area contributed by atoms with Gasteiger partial charge in [-0.05, 0) is 83.9 Å². The van der Waals surface area contributed by atoms with Crippen molar-refractivity contribution in [2.75, 3.05) is 0 Å². The zero-order chi connectivity index (χ0) is 31.1. The van der Waals surface area contributed by atoms with Gasteiger partial charge < -0.3 is 0 Å². The van der Waals surface area contributed by atoms with Crippen LogP contribution in [0.25, 0.3) is 0 Å². The molecule has 238 valence electrons. The van der Waals surface area contributed by atoms with E-state index in [0.717, 1.165) is 12.3 Å². The normalized spacial score (nSPS) is 11.2. The van der Waals surface area contributed by atoms with E-state index in [4.69, 9.17) is 0 Å². The van der Waals surface area contributed by atoms with Gasteiger partial charge in [-0.25, -0.2) is 0 Å². The van der Waals surface area contributed by atoms with Gasteiger partial charge in [-0.1, -0.05) is 133 Å². The molecule has 0 aliphatic rings. The van der Waals surface area contributed by atoms with Gasteiger partial charge in [0.05, 0.1) is 12.3 Å². The van der Waals surface area contributed by atoms with E-state index >= 15 is 0 Å². The van der Waals surface area contributed by atoms with Crippen molar-refractivity contribution in [3.05, 3.63) is 217 Å². The van der Waals surface area contributed by atoms with Gasteiger partial charge in [0.1, 0.15) is 46.4 Å². The lowest BCUT2D eigenvalue weighted by atomic mass is 10.2. The third-order valence-corrected chi connectivity index (χ3v) is 17.8. The van der Waals surface area contributed by atoms with E-state index in [2.05, 4.69) is 206 Å². The van der Waals surface area contributed by atoms with Gasteiger partial charge in [-0.2, -0.15) is 0 Å². The Morgan fingerprint density at radius 3 is 0.562 bits per heavy atom. The zero-order valence-corrected chi connectivity index (χ0v) is 30.2. The molecule has 7 aromatic carbocycles. The molecule has 48 heavy (non-hydrogen) atoms. The lowest BCUT2D eigenvalue weighted by Gasteiger charge is -2.29. The van der Waals surface area contributed by atoms with Crippen LogP contribution in [-0.2, 0) is 12.3 Å². The van der Waals surface area contributed by atoms with Crippen LogP contribution in [0.1, 0.15) is 11.1 Å². The van der Waals surface area contributed by atoms with Crippen molar-refractivity contribution in [1.29, 1.82) is 0 Å². The summed E-state index contributed by atoms with van der Waals surface area (Å²) in [7, 11) is -3.94. The molecule has 0 spiro atoms. The number of rotatable bonds is 10. The molecule has 0 aliphatic heterocycles. The van der Waals surface area contributed by atoms with Crippen LogP contribution in [-0.4, -0.2) is 0 Å². The largest absolute Gasteiger partial charge is 0.147 e.